The highest BCUT2D eigenvalue weighted by Crippen LogP contribution is 2.20. The fraction of sp³-hybridized carbons (Fsp3) is 0.647. The fourth-order valence-corrected chi connectivity index (χ4v) is 2.75. The third-order valence-corrected chi connectivity index (χ3v) is 3.96. The van der Waals surface area contributed by atoms with E-state index in [1.54, 1.807) is 0 Å². The van der Waals surface area contributed by atoms with Crippen LogP contribution in [0.1, 0.15) is 62.6 Å². The molecule has 20 heavy (non-hydrogen) atoms. The van der Waals surface area contributed by atoms with Gasteiger partial charge >= 0.3 is 0 Å². The number of anilines is 1. The second-order valence-electron chi connectivity index (χ2n) is 5.67. The molecule has 0 amide bonds. The van der Waals surface area contributed by atoms with Gasteiger partial charge < -0.3 is 10.1 Å². The number of carbonyl (C=O) groups excluding carboxylic acids is 1. The highest BCUT2D eigenvalue weighted by Gasteiger charge is 2.09. The normalized spacial score (nSPS) is 13.6. The van der Waals surface area contributed by atoms with E-state index in [9.17, 15) is 4.79 Å². The molecule has 110 valence electrons. The minimum atomic E-state index is 0.728. The first-order valence-corrected chi connectivity index (χ1v) is 8.06. The number of hydrogen-bond acceptors (Lipinski definition) is 3. The largest absolute Gasteiger partial charge is 0.370 e. The average molecular weight is 274 g/mol. The van der Waals surface area contributed by atoms with Gasteiger partial charge in [0.15, 0.2) is 0 Å². The van der Waals surface area contributed by atoms with Gasteiger partial charge in [0, 0.05) is 18.7 Å². The van der Waals surface area contributed by atoms with Crippen LogP contribution in [0.5, 0.6) is 0 Å². The van der Waals surface area contributed by atoms with Crippen molar-refractivity contribution in [2.24, 2.45) is 0 Å². The minimum absolute atomic E-state index is 0.728. The van der Waals surface area contributed by atoms with Gasteiger partial charge in [0.05, 0.1) is 0 Å². The Labute approximate surface area is 122 Å². The maximum absolute atomic E-state index is 10.2. The van der Waals surface area contributed by atoms with E-state index in [0.29, 0.717) is 0 Å². The summed E-state index contributed by atoms with van der Waals surface area (Å²) in [5, 5.41) is 3.39. The lowest BCUT2D eigenvalue weighted by Crippen LogP contribution is -2.13. The first kappa shape index (κ1) is 15.0. The zero-order chi connectivity index (χ0) is 14.0. The zero-order valence-corrected chi connectivity index (χ0v) is 12.4. The molecule has 1 aliphatic rings. The van der Waals surface area contributed by atoms with Gasteiger partial charge in [-0.1, -0.05) is 31.7 Å². The number of fused-ring (bicyclic) bond motifs is 1. The van der Waals surface area contributed by atoms with E-state index in [1.165, 1.54) is 49.8 Å². The van der Waals surface area contributed by atoms with Crippen molar-refractivity contribution in [3.63, 3.8) is 0 Å². The van der Waals surface area contributed by atoms with Gasteiger partial charge in [0.1, 0.15) is 12.1 Å². The summed E-state index contributed by atoms with van der Waals surface area (Å²) in [6.07, 6.45) is 12.5. The first-order valence-electron chi connectivity index (χ1n) is 8.06. The Morgan fingerprint density at radius 2 is 1.90 bits per heavy atom. The summed E-state index contributed by atoms with van der Waals surface area (Å²) in [6, 6.07) is 4.43. The Bertz CT molecular complexity index is 417. The van der Waals surface area contributed by atoms with Crippen molar-refractivity contribution in [3.8, 4) is 0 Å². The fourth-order valence-electron chi connectivity index (χ4n) is 2.75. The predicted octanol–water partition coefficient (Wildman–Crippen LogP) is 3.91. The van der Waals surface area contributed by atoms with Crippen LogP contribution in [0, 0.1) is 0 Å². The average Bonchev–Trinajstić information content (AvgIpc) is 2.50. The molecule has 1 aliphatic heterocycles. The summed E-state index contributed by atoms with van der Waals surface area (Å²) in [7, 11) is 0. The van der Waals surface area contributed by atoms with E-state index >= 15 is 0 Å². The standard InChI is InChI=1S/C17H26N2O/c20-14-7-5-3-1-2-4-6-10-16-12-11-15-9-8-13-18-17(15)19-16/h11-12,14H,1-10,13H2,(H,18,19). The van der Waals surface area contributed by atoms with E-state index in [0.717, 1.165) is 44.3 Å². The number of hydrogen-bond donors (Lipinski definition) is 1. The molecule has 2 rings (SSSR count). The molecule has 0 aliphatic carbocycles. The molecule has 0 radical (unpaired) electrons. The van der Waals surface area contributed by atoms with Crippen LogP contribution in [-0.2, 0) is 17.6 Å². The summed E-state index contributed by atoms with van der Waals surface area (Å²) < 4.78 is 0. The van der Waals surface area contributed by atoms with Gasteiger partial charge in [-0.15, -0.1) is 0 Å². The number of rotatable bonds is 9. The highest BCUT2D eigenvalue weighted by atomic mass is 16.1. The molecular weight excluding hydrogens is 248 g/mol. The third-order valence-electron chi connectivity index (χ3n) is 3.96. The number of aryl methyl sites for hydroxylation is 2. The molecule has 0 unspecified atom stereocenters. The van der Waals surface area contributed by atoms with Gasteiger partial charge in [-0.05, 0) is 43.7 Å². The lowest BCUT2D eigenvalue weighted by molar-refractivity contribution is -0.107. The number of unbranched alkanes of at least 4 members (excludes halogenated alkanes) is 6. The van der Waals surface area contributed by atoms with Crippen molar-refractivity contribution < 1.29 is 4.79 Å². The summed E-state index contributed by atoms with van der Waals surface area (Å²) in [6.45, 7) is 1.06. The molecule has 0 fully saturated rings. The molecule has 3 nitrogen and oxygen atoms in total. The quantitative estimate of drug-likeness (QED) is 0.548. The van der Waals surface area contributed by atoms with Crippen LogP contribution >= 0.6 is 0 Å². The van der Waals surface area contributed by atoms with Crippen LogP contribution in [0.25, 0.3) is 0 Å². The minimum Gasteiger partial charge on any atom is -0.370 e. The third kappa shape index (κ3) is 4.95. The van der Waals surface area contributed by atoms with Crippen LogP contribution in [0.4, 0.5) is 5.82 Å². The Morgan fingerprint density at radius 1 is 1.10 bits per heavy atom. The monoisotopic (exact) mass is 274 g/mol. The van der Waals surface area contributed by atoms with Crippen LogP contribution in [0.3, 0.4) is 0 Å². The summed E-state index contributed by atoms with van der Waals surface area (Å²) >= 11 is 0. The first-order chi connectivity index (χ1) is 9.90. The van der Waals surface area contributed by atoms with Crippen molar-refractivity contribution in [1.82, 2.24) is 4.98 Å². The van der Waals surface area contributed by atoms with Crippen LogP contribution in [-0.4, -0.2) is 17.8 Å². The maximum Gasteiger partial charge on any atom is 0.129 e. The lowest BCUT2D eigenvalue weighted by atomic mass is 10.0. The van der Waals surface area contributed by atoms with Gasteiger partial charge in [-0.3, -0.25) is 0 Å². The number of nitrogens with one attached hydrogen (secondary N) is 1. The van der Waals surface area contributed by atoms with Gasteiger partial charge in [0.25, 0.3) is 0 Å². The number of pyridine rings is 1. The summed E-state index contributed by atoms with van der Waals surface area (Å²) in [5.74, 6) is 1.11. The van der Waals surface area contributed by atoms with Crippen molar-refractivity contribution in [1.29, 1.82) is 0 Å². The molecular formula is C17H26N2O. The van der Waals surface area contributed by atoms with Crippen molar-refractivity contribution in [3.05, 3.63) is 23.4 Å². The molecule has 0 aromatic carbocycles. The molecule has 0 spiro atoms. The van der Waals surface area contributed by atoms with E-state index in [4.69, 9.17) is 4.98 Å². The summed E-state index contributed by atoms with van der Waals surface area (Å²) in [4.78, 5) is 14.9. The second-order valence-corrected chi connectivity index (χ2v) is 5.67. The number of carbonyl (C=O) groups is 1. The number of nitrogens with zero attached hydrogens (tertiary/aromatic N) is 1. The molecule has 0 saturated carbocycles. The van der Waals surface area contributed by atoms with E-state index in [-0.39, 0.29) is 0 Å². The Kier molecular flexibility index (Phi) is 6.55. The van der Waals surface area contributed by atoms with Crippen LogP contribution in [0.2, 0.25) is 0 Å². The summed E-state index contributed by atoms with van der Waals surface area (Å²) in [5.41, 5.74) is 2.59. The zero-order valence-electron chi connectivity index (χ0n) is 12.4. The van der Waals surface area contributed by atoms with Gasteiger partial charge in [0.2, 0.25) is 0 Å². The van der Waals surface area contributed by atoms with Gasteiger partial charge in [-0.25, -0.2) is 4.98 Å². The Hall–Kier alpha value is -1.38. The maximum atomic E-state index is 10.2. The SMILES string of the molecule is O=CCCCCCCCCc1ccc2c(n1)NCCC2. The van der Waals surface area contributed by atoms with Crippen molar-refractivity contribution in [2.75, 3.05) is 11.9 Å². The molecule has 1 aromatic heterocycles. The Balaban J connectivity index is 1.61. The number of aromatic nitrogens is 1. The van der Waals surface area contributed by atoms with Crippen LogP contribution in [0.15, 0.2) is 12.1 Å². The van der Waals surface area contributed by atoms with Crippen molar-refractivity contribution in [2.45, 2.75) is 64.2 Å². The number of aldehydes is 1. The molecule has 0 saturated heterocycles. The molecule has 0 bridgehead atoms. The topological polar surface area (TPSA) is 42.0 Å². The van der Waals surface area contributed by atoms with E-state index in [1.807, 2.05) is 0 Å². The highest BCUT2D eigenvalue weighted by molar-refractivity contribution is 5.49. The van der Waals surface area contributed by atoms with Gasteiger partial charge in [-0.2, -0.15) is 0 Å². The van der Waals surface area contributed by atoms with E-state index < -0.39 is 0 Å². The van der Waals surface area contributed by atoms with E-state index in [2.05, 4.69) is 17.4 Å². The van der Waals surface area contributed by atoms with Crippen LogP contribution < -0.4 is 5.32 Å². The molecule has 2 heterocycles. The van der Waals surface area contributed by atoms with Crippen molar-refractivity contribution >= 4 is 12.1 Å². The molecule has 1 aromatic rings. The molecule has 3 heteroatoms. The Morgan fingerprint density at radius 3 is 2.75 bits per heavy atom. The molecule has 0 atom stereocenters. The lowest BCUT2D eigenvalue weighted by Gasteiger charge is -2.17. The second kappa shape index (κ2) is 8.72. The molecule has 1 N–H and O–H groups in total. The predicted molar refractivity (Wildman–Crippen MR) is 83.1 cm³/mol. The smallest absolute Gasteiger partial charge is 0.129 e.